The molecular formula is C18H18O3. The molecule has 0 aromatic heterocycles. The number of ether oxygens (including phenoxy) is 2. The number of benzene rings is 2. The van der Waals surface area contributed by atoms with Crippen LogP contribution >= 0.6 is 0 Å². The van der Waals surface area contributed by atoms with Crippen LogP contribution in [0.2, 0.25) is 0 Å². The Morgan fingerprint density at radius 3 is 2.81 bits per heavy atom. The monoisotopic (exact) mass is 282 g/mol. The molecule has 0 bridgehead atoms. The standard InChI is InChI=1S/C18H18O3/c1-20-17-9-5-3-7-14(17)12-16(19)18-15-8-4-2-6-13(15)10-11-21-18/h2-9,18H,10-12H2,1H3. The quantitative estimate of drug-likeness (QED) is 0.864. The molecule has 1 unspecified atom stereocenters. The third-order valence-corrected chi connectivity index (χ3v) is 3.84. The zero-order valence-corrected chi connectivity index (χ0v) is 12.0. The van der Waals surface area contributed by atoms with Gasteiger partial charge in [-0.25, -0.2) is 0 Å². The molecular weight excluding hydrogens is 264 g/mol. The van der Waals surface area contributed by atoms with Crippen molar-refractivity contribution in [1.82, 2.24) is 0 Å². The zero-order valence-electron chi connectivity index (χ0n) is 12.0. The summed E-state index contributed by atoms with van der Waals surface area (Å²) in [5.41, 5.74) is 3.11. The number of hydrogen-bond acceptors (Lipinski definition) is 3. The number of methoxy groups -OCH3 is 1. The largest absolute Gasteiger partial charge is 0.496 e. The Kier molecular flexibility index (Phi) is 4.02. The van der Waals surface area contributed by atoms with Gasteiger partial charge in [0.2, 0.25) is 0 Å². The lowest BCUT2D eigenvalue weighted by Gasteiger charge is -2.25. The molecule has 0 N–H and O–H groups in total. The van der Waals surface area contributed by atoms with Crippen LogP contribution in [0.15, 0.2) is 48.5 Å². The number of rotatable bonds is 4. The minimum Gasteiger partial charge on any atom is -0.496 e. The second-order valence-electron chi connectivity index (χ2n) is 5.15. The molecule has 3 nitrogen and oxygen atoms in total. The van der Waals surface area contributed by atoms with Crippen molar-refractivity contribution in [2.45, 2.75) is 18.9 Å². The van der Waals surface area contributed by atoms with E-state index in [2.05, 4.69) is 6.07 Å². The summed E-state index contributed by atoms with van der Waals surface area (Å²) in [5.74, 6) is 0.821. The van der Waals surface area contributed by atoms with Crippen LogP contribution in [0.5, 0.6) is 5.75 Å². The summed E-state index contributed by atoms with van der Waals surface area (Å²) in [6.07, 6.45) is 0.734. The molecule has 3 heteroatoms. The highest BCUT2D eigenvalue weighted by Crippen LogP contribution is 2.29. The summed E-state index contributed by atoms with van der Waals surface area (Å²) in [4.78, 5) is 12.6. The van der Waals surface area contributed by atoms with Crippen LogP contribution in [-0.4, -0.2) is 19.5 Å². The van der Waals surface area contributed by atoms with Crippen LogP contribution in [0.4, 0.5) is 0 Å². The Morgan fingerprint density at radius 1 is 1.19 bits per heavy atom. The Balaban J connectivity index is 1.84. The number of ketones is 1. The summed E-state index contributed by atoms with van der Waals surface area (Å²) < 4.78 is 11.0. The molecule has 0 saturated carbocycles. The molecule has 0 amide bonds. The number of carbonyl (C=O) groups is 1. The molecule has 1 atom stereocenters. The van der Waals surface area contributed by atoms with Crippen molar-refractivity contribution in [1.29, 1.82) is 0 Å². The predicted octanol–water partition coefficient (Wildman–Crippen LogP) is 3.12. The summed E-state index contributed by atoms with van der Waals surface area (Å²) in [6.45, 7) is 0.597. The van der Waals surface area contributed by atoms with Crippen molar-refractivity contribution in [2.75, 3.05) is 13.7 Å². The van der Waals surface area contributed by atoms with E-state index < -0.39 is 6.10 Å². The molecule has 3 rings (SSSR count). The lowest BCUT2D eigenvalue weighted by molar-refractivity contribution is -0.131. The van der Waals surface area contributed by atoms with Crippen LogP contribution in [0.3, 0.4) is 0 Å². The van der Waals surface area contributed by atoms with Crippen LogP contribution in [0.25, 0.3) is 0 Å². The van der Waals surface area contributed by atoms with E-state index in [9.17, 15) is 4.79 Å². The van der Waals surface area contributed by atoms with Gasteiger partial charge in [-0.1, -0.05) is 42.5 Å². The number of fused-ring (bicyclic) bond motifs is 1. The van der Waals surface area contributed by atoms with Crippen molar-refractivity contribution in [3.63, 3.8) is 0 Å². The van der Waals surface area contributed by atoms with E-state index in [4.69, 9.17) is 9.47 Å². The smallest absolute Gasteiger partial charge is 0.170 e. The predicted molar refractivity (Wildman–Crippen MR) is 80.5 cm³/mol. The SMILES string of the molecule is COc1ccccc1CC(=O)C1OCCc2ccccc21. The maximum Gasteiger partial charge on any atom is 0.170 e. The van der Waals surface area contributed by atoms with Gasteiger partial charge in [0.05, 0.1) is 13.7 Å². The molecule has 1 heterocycles. The van der Waals surface area contributed by atoms with Gasteiger partial charge in [0.15, 0.2) is 5.78 Å². The second-order valence-corrected chi connectivity index (χ2v) is 5.15. The average molecular weight is 282 g/mol. The van der Waals surface area contributed by atoms with E-state index >= 15 is 0 Å². The summed E-state index contributed by atoms with van der Waals surface area (Å²) >= 11 is 0. The molecule has 2 aromatic rings. The van der Waals surface area contributed by atoms with Crippen molar-refractivity contribution in [3.05, 3.63) is 65.2 Å². The van der Waals surface area contributed by atoms with E-state index in [0.29, 0.717) is 13.0 Å². The number of carbonyl (C=O) groups excluding carboxylic acids is 1. The first-order valence-corrected chi connectivity index (χ1v) is 7.13. The Hall–Kier alpha value is -2.13. The van der Waals surface area contributed by atoms with Gasteiger partial charge in [0, 0.05) is 12.0 Å². The van der Waals surface area contributed by atoms with Gasteiger partial charge in [-0.05, 0) is 23.6 Å². The van der Waals surface area contributed by atoms with E-state index in [1.807, 2.05) is 42.5 Å². The van der Waals surface area contributed by atoms with Gasteiger partial charge in [-0.2, -0.15) is 0 Å². The van der Waals surface area contributed by atoms with Gasteiger partial charge >= 0.3 is 0 Å². The molecule has 1 aliphatic rings. The Labute approximate surface area is 124 Å². The maximum absolute atomic E-state index is 12.6. The minimum atomic E-state index is -0.458. The topological polar surface area (TPSA) is 35.5 Å². The highest BCUT2D eigenvalue weighted by Gasteiger charge is 2.27. The molecule has 0 spiro atoms. The lowest BCUT2D eigenvalue weighted by Crippen LogP contribution is -2.24. The van der Waals surface area contributed by atoms with Gasteiger partial charge in [-0.15, -0.1) is 0 Å². The van der Waals surface area contributed by atoms with Crippen molar-refractivity contribution >= 4 is 5.78 Å². The van der Waals surface area contributed by atoms with Gasteiger partial charge in [-0.3, -0.25) is 4.79 Å². The summed E-state index contributed by atoms with van der Waals surface area (Å²) in [5, 5.41) is 0. The summed E-state index contributed by atoms with van der Waals surface area (Å²) in [6, 6.07) is 15.6. The van der Waals surface area contributed by atoms with E-state index in [-0.39, 0.29) is 5.78 Å². The molecule has 1 aliphatic heterocycles. The molecule has 0 radical (unpaired) electrons. The number of para-hydroxylation sites is 1. The fraction of sp³-hybridized carbons (Fsp3) is 0.278. The minimum absolute atomic E-state index is 0.0756. The fourth-order valence-electron chi connectivity index (χ4n) is 2.79. The van der Waals surface area contributed by atoms with Crippen LogP contribution in [0.1, 0.15) is 22.8 Å². The normalized spacial score (nSPS) is 17.1. The van der Waals surface area contributed by atoms with E-state index in [0.717, 1.165) is 23.3 Å². The molecule has 0 aliphatic carbocycles. The lowest BCUT2D eigenvalue weighted by atomic mass is 9.92. The average Bonchev–Trinajstić information content (AvgIpc) is 2.54. The van der Waals surface area contributed by atoms with Crippen LogP contribution < -0.4 is 4.74 Å². The number of Topliss-reactive ketones (excluding diaryl/α,β-unsaturated/α-hetero) is 1. The van der Waals surface area contributed by atoms with Gasteiger partial charge < -0.3 is 9.47 Å². The molecule has 0 fully saturated rings. The third-order valence-electron chi connectivity index (χ3n) is 3.84. The first-order chi connectivity index (χ1) is 10.3. The summed E-state index contributed by atoms with van der Waals surface area (Å²) in [7, 11) is 1.62. The van der Waals surface area contributed by atoms with Crippen molar-refractivity contribution in [3.8, 4) is 5.75 Å². The van der Waals surface area contributed by atoms with E-state index in [1.165, 1.54) is 5.56 Å². The maximum atomic E-state index is 12.6. The highest BCUT2D eigenvalue weighted by atomic mass is 16.5. The first kappa shape index (κ1) is 13.8. The third kappa shape index (κ3) is 2.83. The number of hydrogen-bond donors (Lipinski definition) is 0. The highest BCUT2D eigenvalue weighted by molar-refractivity contribution is 5.87. The van der Waals surface area contributed by atoms with Gasteiger partial charge in [0.1, 0.15) is 11.9 Å². The zero-order chi connectivity index (χ0) is 14.7. The fourth-order valence-corrected chi connectivity index (χ4v) is 2.79. The Morgan fingerprint density at radius 2 is 1.95 bits per heavy atom. The van der Waals surface area contributed by atoms with Gasteiger partial charge in [0.25, 0.3) is 0 Å². The second kappa shape index (κ2) is 6.10. The first-order valence-electron chi connectivity index (χ1n) is 7.13. The molecule has 21 heavy (non-hydrogen) atoms. The van der Waals surface area contributed by atoms with Crippen molar-refractivity contribution in [2.24, 2.45) is 0 Å². The van der Waals surface area contributed by atoms with E-state index in [1.54, 1.807) is 7.11 Å². The van der Waals surface area contributed by atoms with Crippen molar-refractivity contribution < 1.29 is 14.3 Å². The van der Waals surface area contributed by atoms with Crippen LogP contribution in [0, 0.1) is 0 Å². The molecule has 108 valence electrons. The molecule has 2 aromatic carbocycles. The molecule has 0 saturated heterocycles. The van der Waals surface area contributed by atoms with Crippen LogP contribution in [-0.2, 0) is 22.4 Å². The Bertz CT molecular complexity index is 648.